The Kier molecular flexibility index (Phi) is 5.52. The van der Waals surface area contributed by atoms with Gasteiger partial charge in [-0.1, -0.05) is 66.2 Å². The van der Waals surface area contributed by atoms with E-state index < -0.39 is 0 Å². The molecule has 5 aromatic rings. The lowest BCUT2D eigenvalue weighted by atomic mass is 9.98. The first kappa shape index (κ1) is 20.2. The predicted molar refractivity (Wildman–Crippen MR) is 129 cm³/mol. The molecule has 1 atom stereocenters. The van der Waals surface area contributed by atoms with Gasteiger partial charge in [-0.2, -0.15) is 0 Å². The topological polar surface area (TPSA) is 70.7 Å². The maximum Gasteiger partial charge on any atom is 0.226 e. The van der Waals surface area contributed by atoms with Gasteiger partial charge in [0.1, 0.15) is 5.01 Å². The zero-order valence-electron chi connectivity index (χ0n) is 17.6. The van der Waals surface area contributed by atoms with Crippen molar-refractivity contribution < 1.29 is 4.79 Å². The Morgan fingerprint density at radius 2 is 1.84 bits per heavy atom. The number of carbonyl (C=O) groups excluding carboxylic acids is 1. The fourth-order valence-electron chi connectivity index (χ4n) is 3.73. The normalized spacial score (nSPS) is 12.0. The third-order valence-corrected chi connectivity index (χ3v) is 6.35. The number of amides is 1. The molecule has 1 amide bonds. The van der Waals surface area contributed by atoms with Crippen molar-refractivity contribution in [1.82, 2.24) is 20.3 Å². The van der Waals surface area contributed by atoms with Gasteiger partial charge in [-0.05, 0) is 30.2 Å². The lowest BCUT2D eigenvalue weighted by molar-refractivity contribution is -0.121. The number of aryl methyl sites for hydroxylation is 1. The Hall–Kier alpha value is -3.77. The second-order valence-corrected chi connectivity index (χ2v) is 8.64. The fraction of sp³-hybridized carbons (Fsp3) is 0.115. The number of thiazole rings is 1. The van der Waals surface area contributed by atoms with Crippen molar-refractivity contribution in [3.05, 3.63) is 107 Å². The van der Waals surface area contributed by atoms with E-state index in [0.717, 1.165) is 38.4 Å². The third kappa shape index (κ3) is 4.31. The highest BCUT2D eigenvalue weighted by Crippen LogP contribution is 2.26. The summed E-state index contributed by atoms with van der Waals surface area (Å²) >= 11 is 1.56. The smallest absolute Gasteiger partial charge is 0.226 e. The summed E-state index contributed by atoms with van der Waals surface area (Å²) in [6.07, 6.45) is 1.91. The minimum absolute atomic E-state index is 0.0654. The number of rotatable bonds is 6. The molecular weight excluding hydrogens is 416 g/mol. The average Bonchev–Trinajstić information content (AvgIpc) is 3.47. The summed E-state index contributed by atoms with van der Waals surface area (Å²) in [7, 11) is 0. The predicted octanol–water partition coefficient (Wildman–Crippen LogP) is 5.44. The van der Waals surface area contributed by atoms with Crippen LogP contribution in [0.1, 0.15) is 28.4 Å². The zero-order chi connectivity index (χ0) is 21.9. The number of hydrogen-bond acceptors (Lipinski definition) is 4. The Labute approximate surface area is 190 Å². The lowest BCUT2D eigenvalue weighted by Gasteiger charge is -2.20. The molecule has 0 saturated carbocycles. The molecule has 2 heterocycles. The number of hydrogen-bond donors (Lipinski definition) is 2. The highest BCUT2D eigenvalue weighted by atomic mass is 32.1. The summed E-state index contributed by atoms with van der Waals surface area (Å²) in [6, 6.07) is 24.0. The van der Waals surface area contributed by atoms with Crippen molar-refractivity contribution in [2.24, 2.45) is 0 Å². The first-order chi connectivity index (χ1) is 15.7. The van der Waals surface area contributed by atoms with E-state index in [4.69, 9.17) is 0 Å². The number of benzene rings is 3. The van der Waals surface area contributed by atoms with Gasteiger partial charge in [0.2, 0.25) is 5.91 Å². The number of aromatic amines is 1. The molecule has 0 saturated heterocycles. The van der Waals surface area contributed by atoms with Crippen LogP contribution in [0.5, 0.6) is 0 Å². The molecule has 0 radical (unpaired) electrons. The van der Waals surface area contributed by atoms with Crippen molar-refractivity contribution in [3.63, 3.8) is 0 Å². The SMILES string of the molecule is Cc1ccc(-c2nc(CC(=O)N[C@H](c3ccccc3)c3ccc4nc[nH]c4c3)cs2)cc1. The van der Waals surface area contributed by atoms with Gasteiger partial charge in [0, 0.05) is 10.9 Å². The molecular formula is C26H22N4OS. The Morgan fingerprint density at radius 1 is 1.03 bits per heavy atom. The van der Waals surface area contributed by atoms with Gasteiger partial charge in [0.25, 0.3) is 0 Å². The molecule has 2 N–H and O–H groups in total. The van der Waals surface area contributed by atoms with Crippen LogP contribution in [-0.4, -0.2) is 20.9 Å². The number of imidazole rings is 1. The van der Waals surface area contributed by atoms with Gasteiger partial charge < -0.3 is 10.3 Å². The van der Waals surface area contributed by atoms with Crippen LogP contribution in [0.25, 0.3) is 21.6 Å². The van der Waals surface area contributed by atoms with Gasteiger partial charge in [-0.15, -0.1) is 11.3 Å². The molecule has 6 heteroatoms. The maximum atomic E-state index is 13.0. The second kappa shape index (κ2) is 8.77. The van der Waals surface area contributed by atoms with Gasteiger partial charge in [0.15, 0.2) is 0 Å². The van der Waals surface area contributed by atoms with Crippen LogP contribution in [0.3, 0.4) is 0 Å². The zero-order valence-corrected chi connectivity index (χ0v) is 18.4. The van der Waals surface area contributed by atoms with Gasteiger partial charge in [-0.25, -0.2) is 9.97 Å². The van der Waals surface area contributed by atoms with E-state index in [2.05, 4.69) is 51.5 Å². The number of aromatic nitrogens is 3. The van der Waals surface area contributed by atoms with E-state index >= 15 is 0 Å². The average molecular weight is 439 g/mol. The molecule has 0 bridgehead atoms. The molecule has 158 valence electrons. The van der Waals surface area contributed by atoms with Crippen LogP contribution < -0.4 is 5.32 Å². The van der Waals surface area contributed by atoms with Crippen molar-refractivity contribution in [2.45, 2.75) is 19.4 Å². The van der Waals surface area contributed by atoms with E-state index in [-0.39, 0.29) is 18.4 Å². The van der Waals surface area contributed by atoms with Crippen molar-refractivity contribution >= 4 is 28.3 Å². The third-order valence-electron chi connectivity index (χ3n) is 5.41. The number of carbonyl (C=O) groups is 1. The molecule has 0 fully saturated rings. The summed E-state index contributed by atoms with van der Waals surface area (Å²) in [4.78, 5) is 25.1. The number of nitrogens with zero attached hydrogens (tertiary/aromatic N) is 2. The first-order valence-electron chi connectivity index (χ1n) is 10.4. The monoisotopic (exact) mass is 438 g/mol. The van der Waals surface area contributed by atoms with Crippen LogP contribution >= 0.6 is 11.3 Å². The summed E-state index contributed by atoms with van der Waals surface area (Å²) in [5.41, 5.74) is 6.93. The van der Waals surface area contributed by atoms with E-state index in [1.165, 1.54) is 5.56 Å². The maximum absolute atomic E-state index is 13.0. The van der Waals surface area contributed by atoms with Crippen molar-refractivity contribution in [2.75, 3.05) is 0 Å². The molecule has 0 unspecified atom stereocenters. The van der Waals surface area contributed by atoms with Crippen molar-refractivity contribution in [1.29, 1.82) is 0 Å². The van der Waals surface area contributed by atoms with Gasteiger partial charge >= 0.3 is 0 Å². The van der Waals surface area contributed by atoms with Gasteiger partial charge in [0.05, 0.1) is 35.5 Å². The molecule has 0 aliphatic heterocycles. The minimum Gasteiger partial charge on any atom is -0.345 e. The molecule has 0 aliphatic carbocycles. The Balaban J connectivity index is 1.37. The molecule has 0 aliphatic rings. The first-order valence-corrected chi connectivity index (χ1v) is 11.3. The van der Waals surface area contributed by atoms with Crippen LogP contribution in [0.15, 0.2) is 84.5 Å². The highest BCUT2D eigenvalue weighted by molar-refractivity contribution is 7.13. The highest BCUT2D eigenvalue weighted by Gasteiger charge is 2.19. The second-order valence-electron chi connectivity index (χ2n) is 7.78. The molecule has 5 rings (SSSR count). The number of H-pyrrole nitrogens is 1. The lowest BCUT2D eigenvalue weighted by Crippen LogP contribution is -2.30. The standard InChI is InChI=1S/C26H22N4OS/c1-17-7-9-19(10-8-17)26-29-21(15-32-26)14-24(31)30-25(18-5-3-2-4-6-18)20-11-12-22-23(13-20)28-16-27-22/h2-13,15-16,25H,14H2,1H3,(H,27,28)(H,30,31)/t25-/m1/s1. The molecule has 32 heavy (non-hydrogen) atoms. The van der Waals surface area contributed by atoms with E-state index in [1.54, 1.807) is 17.7 Å². The fourth-order valence-corrected chi connectivity index (χ4v) is 4.56. The summed E-state index contributed by atoms with van der Waals surface area (Å²) in [6.45, 7) is 2.06. The number of fused-ring (bicyclic) bond motifs is 1. The van der Waals surface area contributed by atoms with Crippen molar-refractivity contribution in [3.8, 4) is 10.6 Å². The molecule has 5 nitrogen and oxygen atoms in total. The quantitative estimate of drug-likeness (QED) is 0.371. The number of nitrogens with one attached hydrogen (secondary N) is 2. The molecule has 2 aromatic heterocycles. The van der Waals surface area contributed by atoms with E-state index in [0.29, 0.717) is 0 Å². The van der Waals surface area contributed by atoms with E-state index in [1.807, 2.05) is 53.9 Å². The van der Waals surface area contributed by atoms with E-state index in [9.17, 15) is 4.79 Å². The Bertz CT molecular complexity index is 1360. The van der Waals surface area contributed by atoms with Crippen LogP contribution in [0.2, 0.25) is 0 Å². The summed E-state index contributed by atoms with van der Waals surface area (Å²) < 4.78 is 0. The summed E-state index contributed by atoms with van der Waals surface area (Å²) in [5, 5.41) is 6.09. The van der Waals surface area contributed by atoms with Crippen LogP contribution in [-0.2, 0) is 11.2 Å². The minimum atomic E-state index is -0.258. The summed E-state index contributed by atoms with van der Waals surface area (Å²) in [5.74, 6) is -0.0654. The van der Waals surface area contributed by atoms with Crippen LogP contribution in [0.4, 0.5) is 0 Å². The molecule has 3 aromatic carbocycles. The molecule has 0 spiro atoms. The Morgan fingerprint density at radius 3 is 2.66 bits per heavy atom. The van der Waals surface area contributed by atoms with Gasteiger partial charge in [-0.3, -0.25) is 4.79 Å². The largest absolute Gasteiger partial charge is 0.345 e. The van der Waals surface area contributed by atoms with Crippen LogP contribution in [0, 0.1) is 6.92 Å².